The van der Waals surface area contributed by atoms with E-state index in [0.717, 1.165) is 5.56 Å². The Kier molecular flexibility index (Phi) is 7.07. The van der Waals surface area contributed by atoms with Crippen LogP contribution in [0.25, 0.3) is 22.5 Å². The summed E-state index contributed by atoms with van der Waals surface area (Å²) in [5, 5.41) is 19.1. The second-order valence-electron chi connectivity index (χ2n) is 7.72. The van der Waals surface area contributed by atoms with Crippen LogP contribution in [0.2, 0.25) is 5.02 Å². The SMILES string of the molecule is CNC(=O)c1cc(Cl)cc(Cn2ccc(-c3cc(-c4ccc(F)cc4)ncc3CNC(=O)O)n2)c1. The summed E-state index contributed by atoms with van der Waals surface area (Å²) < 4.78 is 15.1. The molecule has 0 radical (unpaired) electrons. The molecular formula is C25H21ClFN5O3. The van der Waals surface area contributed by atoms with E-state index in [1.165, 1.54) is 12.1 Å². The maximum absolute atomic E-state index is 13.4. The van der Waals surface area contributed by atoms with E-state index >= 15 is 0 Å². The van der Waals surface area contributed by atoms with Gasteiger partial charge in [0.1, 0.15) is 5.82 Å². The average Bonchev–Trinajstić information content (AvgIpc) is 3.30. The second kappa shape index (κ2) is 10.4. The van der Waals surface area contributed by atoms with Crippen molar-refractivity contribution in [2.24, 2.45) is 0 Å². The van der Waals surface area contributed by atoms with E-state index in [1.54, 1.807) is 66.6 Å². The summed E-state index contributed by atoms with van der Waals surface area (Å²) in [6, 6.07) is 14.6. The monoisotopic (exact) mass is 493 g/mol. The van der Waals surface area contributed by atoms with E-state index < -0.39 is 6.09 Å². The van der Waals surface area contributed by atoms with Gasteiger partial charge in [0, 0.05) is 47.7 Å². The summed E-state index contributed by atoms with van der Waals surface area (Å²) >= 11 is 6.19. The van der Waals surface area contributed by atoms with Crippen LogP contribution >= 0.6 is 11.6 Å². The Morgan fingerprint density at radius 1 is 1.09 bits per heavy atom. The highest BCUT2D eigenvalue weighted by molar-refractivity contribution is 6.31. The van der Waals surface area contributed by atoms with Crippen molar-refractivity contribution in [3.05, 3.63) is 94.5 Å². The van der Waals surface area contributed by atoms with Crippen LogP contribution in [-0.4, -0.2) is 38.9 Å². The molecule has 0 bridgehead atoms. The number of nitrogens with one attached hydrogen (secondary N) is 2. The first-order valence-electron chi connectivity index (χ1n) is 10.6. The van der Waals surface area contributed by atoms with E-state index in [4.69, 9.17) is 16.7 Å². The molecule has 2 heterocycles. The number of hydrogen-bond acceptors (Lipinski definition) is 4. The molecule has 2 aromatic carbocycles. The number of aromatic nitrogens is 3. The smallest absolute Gasteiger partial charge is 0.404 e. The van der Waals surface area contributed by atoms with E-state index in [0.29, 0.717) is 45.2 Å². The summed E-state index contributed by atoms with van der Waals surface area (Å²) in [5.41, 5.74) is 4.47. The number of nitrogens with zero attached hydrogens (tertiary/aromatic N) is 3. The normalized spacial score (nSPS) is 10.7. The molecule has 0 aliphatic rings. The molecule has 4 aromatic rings. The van der Waals surface area contributed by atoms with Crippen molar-refractivity contribution in [3.8, 4) is 22.5 Å². The molecule has 10 heteroatoms. The lowest BCUT2D eigenvalue weighted by Gasteiger charge is -2.10. The maximum atomic E-state index is 13.4. The van der Waals surface area contributed by atoms with Gasteiger partial charge in [0.15, 0.2) is 0 Å². The number of rotatable bonds is 7. The van der Waals surface area contributed by atoms with Gasteiger partial charge in [0.05, 0.1) is 17.9 Å². The minimum atomic E-state index is -1.16. The van der Waals surface area contributed by atoms with Gasteiger partial charge in [-0.2, -0.15) is 5.10 Å². The number of carbonyl (C=O) groups is 2. The highest BCUT2D eigenvalue weighted by Gasteiger charge is 2.14. The van der Waals surface area contributed by atoms with E-state index in [1.807, 2.05) is 0 Å². The Morgan fingerprint density at radius 2 is 1.86 bits per heavy atom. The lowest BCUT2D eigenvalue weighted by molar-refractivity contribution is 0.0963. The molecule has 178 valence electrons. The zero-order valence-electron chi connectivity index (χ0n) is 18.6. The molecular weight excluding hydrogens is 473 g/mol. The van der Waals surface area contributed by atoms with Crippen LogP contribution in [0, 0.1) is 5.82 Å². The first-order chi connectivity index (χ1) is 16.8. The zero-order valence-corrected chi connectivity index (χ0v) is 19.4. The minimum Gasteiger partial charge on any atom is -0.465 e. The van der Waals surface area contributed by atoms with E-state index in [2.05, 4.69) is 20.7 Å². The standard InChI is InChI=1S/C25H21ClFN5O3/c1-28-24(33)17-8-15(9-19(26)10-17)14-32-7-6-22(31-32)21-11-23(16-2-4-20(27)5-3-16)29-12-18(21)13-30-25(34)35/h2-12,30H,13-14H2,1H3,(H,28,33)(H,34,35). The van der Waals surface area contributed by atoms with Crippen molar-refractivity contribution in [2.75, 3.05) is 7.05 Å². The molecule has 0 unspecified atom stereocenters. The van der Waals surface area contributed by atoms with Gasteiger partial charge < -0.3 is 15.7 Å². The minimum absolute atomic E-state index is 0.0397. The summed E-state index contributed by atoms with van der Waals surface area (Å²) in [7, 11) is 1.55. The fourth-order valence-corrected chi connectivity index (χ4v) is 3.87. The largest absolute Gasteiger partial charge is 0.465 e. The van der Waals surface area contributed by atoms with Gasteiger partial charge in [-0.15, -0.1) is 0 Å². The quantitative estimate of drug-likeness (QED) is 0.349. The Morgan fingerprint density at radius 3 is 2.57 bits per heavy atom. The third kappa shape index (κ3) is 5.82. The molecule has 0 saturated carbocycles. The van der Waals surface area contributed by atoms with Crippen LogP contribution in [0.5, 0.6) is 0 Å². The number of amides is 2. The molecule has 0 aliphatic carbocycles. The molecule has 4 rings (SSSR count). The Hall–Kier alpha value is -4.24. The maximum Gasteiger partial charge on any atom is 0.404 e. The number of hydrogen-bond donors (Lipinski definition) is 3. The Bertz CT molecular complexity index is 1390. The van der Waals surface area contributed by atoms with Gasteiger partial charge >= 0.3 is 6.09 Å². The molecule has 0 spiro atoms. The fourth-order valence-electron chi connectivity index (χ4n) is 3.61. The predicted molar refractivity (Wildman–Crippen MR) is 130 cm³/mol. The molecule has 8 nitrogen and oxygen atoms in total. The molecule has 0 saturated heterocycles. The van der Waals surface area contributed by atoms with Crippen LogP contribution in [0.15, 0.2) is 67.0 Å². The number of halogens is 2. The molecule has 0 atom stereocenters. The number of pyridine rings is 1. The van der Waals surface area contributed by atoms with Crippen molar-refractivity contribution in [1.29, 1.82) is 0 Å². The van der Waals surface area contributed by atoms with Gasteiger partial charge in [-0.1, -0.05) is 11.6 Å². The summed E-state index contributed by atoms with van der Waals surface area (Å²) in [6.45, 7) is 0.404. The lowest BCUT2D eigenvalue weighted by atomic mass is 10.0. The summed E-state index contributed by atoms with van der Waals surface area (Å²) in [6.07, 6.45) is 2.20. The van der Waals surface area contributed by atoms with Gasteiger partial charge in [0.25, 0.3) is 5.91 Å². The van der Waals surface area contributed by atoms with Crippen molar-refractivity contribution in [1.82, 2.24) is 25.4 Å². The van der Waals surface area contributed by atoms with Crippen LogP contribution in [0.1, 0.15) is 21.5 Å². The molecule has 2 aromatic heterocycles. The number of carbonyl (C=O) groups excluding carboxylic acids is 1. The number of benzene rings is 2. The van der Waals surface area contributed by atoms with Crippen molar-refractivity contribution < 1.29 is 19.1 Å². The third-order valence-electron chi connectivity index (χ3n) is 5.26. The zero-order chi connectivity index (χ0) is 24.9. The molecule has 35 heavy (non-hydrogen) atoms. The van der Waals surface area contributed by atoms with Crippen molar-refractivity contribution >= 4 is 23.6 Å². The summed E-state index contributed by atoms with van der Waals surface area (Å²) in [5.74, 6) is -0.592. The van der Waals surface area contributed by atoms with Gasteiger partial charge in [-0.25, -0.2) is 9.18 Å². The van der Waals surface area contributed by atoms with Gasteiger partial charge in [-0.05, 0) is 65.7 Å². The van der Waals surface area contributed by atoms with Gasteiger partial charge in [-0.3, -0.25) is 14.5 Å². The average molecular weight is 494 g/mol. The highest BCUT2D eigenvalue weighted by Crippen LogP contribution is 2.28. The van der Waals surface area contributed by atoms with Crippen LogP contribution in [-0.2, 0) is 13.1 Å². The molecule has 3 N–H and O–H groups in total. The van der Waals surface area contributed by atoms with Crippen molar-refractivity contribution in [3.63, 3.8) is 0 Å². The van der Waals surface area contributed by atoms with Crippen molar-refractivity contribution in [2.45, 2.75) is 13.1 Å². The third-order valence-corrected chi connectivity index (χ3v) is 5.48. The van der Waals surface area contributed by atoms with Crippen LogP contribution < -0.4 is 10.6 Å². The first-order valence-corrected chi connectivity index (χ1v) is 11.0. The highest BCUT2D eigenvalue weighted by atomic mass is 35.5. The second-order valence-corrected chi connectivity index (χ2v) is 8.15. The Balaban J connectivity index is 1.67. The molecule has 0 aliphatic heterocycles. The summed E-state index contributed by atoms with van der Waals surface area (Å²) in [4.78, 5) is 27.5. The molecule has 2 amide bonds. The number of carboxylic acid groups (broad SMARTS) is 1. The predicted octanol–water partition coefficient (Wildman–Crippen LogP) is 4.58. The van der Waals surface area contributed by atoms with E-state index in [-0.39, 0.29) is 18.3 Å². The van der Waals surface area contributed by atoms with Crippen LogP contribution in [0.3, 0.4) is 0 Å². The topological polar surface area (TPSA) is 109 Å². The van der Waals surface area contributed by atoms with Gasteiger partial charge in [0.2, 0.25) is 0 Å². The fraction of sp³-hybridized carbons (Fsp3) is 0.120. The first kappa shape index (κ1) is 23.9. The van der Waals surface area contributed by atoms with E-state index in [9.17, 15) is 14.0 Å². The molecule has 0 fully saturated rings. The van der Waals surface area contributed by atoms with Crippen LogP contribution in [0.4, 0.5) is 9.18 Å². The lowest BCUT2D eigenvalue weighted by Crippen LogP contribution is -2.20. The Labute approximate surface area is 205 Å².